The molecule has 1 atom stereocenters. The molecule has 0 radical (unpaired) electrons. The van der Waals surface area contributed by atoms with Crippen molar-refractivity contribution in [2.45, 2.75) is 25.9 Å². The Morgan fingerprint density at radius 1 is 1.29 bits per heavy atom. The molecule has 1 unspecified atom stereocenters. The molecule has 1 aliphatic heterocycles. The van der Waals surface area contributed by atoms with E-state index in [9.17, 15) is 0 Å². The lowest BCUT2D eigenvalue weighted by Gasteiger charge is -2.21. The molecule has 21 heavy (non-hydrogen) atoms. The number of hydrogen-bond donors (Lipinski definition) is 1. The average molecular weight is 287 g/mol. The first-order chi connectivity index (χ1) is 10.3. The lowest BCUT2D eigenvalue weighted by atomic mass is 10.0. The number of aromatic nitrogens is 2. The molecule has 0 spiro atoms. The van der Waals surface area contributed by atoms with Crippen LogP contribution < -0.4 is 14.8 Å². The fourth-order valence-electron chi connectivity index (χ4n) is 2.58. The van der Waals surface area contributed by atoms with Crippen molar-refractivity contribution in [2.75, 3.05) is 20.3 Å². The molecule has 0 fully saturated rings. The van der Waals surface area contributed by atoms with Gasteiger partial charge in [0, 0.05) is 18.8 Å². The molecule has 0 amide bonds. The molecule has 1 aliphatic rings. The fraction of sp³-hybridized carbons (Fsp3) is 0.438. The van der Waals surface area contributed by atoms with Crippen molar-refractivity contribution in [1.82, 2.24) is 15.1 Å². The van der Waals surface area contributed by atoms with Crippen LogP contribution in [-0.4, -0.2) is 30.0 Å². The number of aryl methyl sites for hydroxylation is 1. The Balaban J connectivity index is 1.79. The van der Waals surface area contributed by atoms with E-state index in [0.29, 0.717) is 13.2 Å². The molecule has 2 aromatic rings. The molecule has 0 saturated heterocycles. The fourth-order valence-corrected chi connectivity index (χ4v) is 2.58. The zero-order valence-electron chi connectivity index (χ0n) is 12.5. The normalized spacial score (nSPS) is 15.0. The molecule has 5 nitrogen and oxygen atoms in total. The van der Waals surface area contributed by atoms with Gasteiger partial charge in [-0.15, -0.1) is 0 Å². The Hall–Kier alpha value is -2.01. The highest BCUT2D eigenvalue weighted by Gasteiger charge is 2.16. The molecule has 3 rings (SSSR count). The summed E-state index contributed by atoms with van der Waals surface area (Å²) in [6.07, 6.45) is 4.93. The van der Waals surface area contributed by atoms with Gasteiger partial charge in [0.05, 0.1) is 6.20 Å². The summed E-state index contributed by atoms with van der Waals surface area (Å²) in [5.74, 6) is 1.67. The van der Waals surface area contributed by atoms with Gasteiger partial charge in [-0.25, -0.2) is 0 Å². The second-order valence-electron chi connectivity index (χ2n) is 5.15. The molecule has 0 bridgehead atoms. The summed E-state index contributed by atoms with van der Waals surface area (Å²) < 4.78 is 13.2. The van der Waals surface area contributed by atoms with E-state index in [0.717, 1.165) is 24.5 Å². The third-order valence-electron chi connectivity index (χ3n) is 3.77. The number of ether oxygens (including phenoxy) is 2. The minimum absolute atomic E-state index is 0.232. The third-order valence-corrected chi connectivity index (χ3v) is 3.77. The molecule has 0 saturated carbocycles. The molecule has 1 aromatic heterocycles. The molecule has 1 aromatic carbocycles. The van der Waals surface area contributed by atoms with Gasteiger partial charge in [-0.2, -0.15) is 5.10 Å². The van der Waals surface area contributed by atoms with E-state index in [1.807, 2.05) is 24.0 Å². The zero-order chi connectivity index (χ0) is 14.7. The van der Waals surface area contributed by atoms with Crippen molar-refractivity contribution in [1.29, 1.82) is 0 Å². The van der Waals surface area contributed by atoms with Gasteiger partial charge in [-0.05, 0) is 43.7 Å². The molecule has 2 heterocycles. The van der Waals surface area contributed by atoms with Gasteiger partial charge in [0.1, 0.15) is 13.2 Å². The lowest BCUT2D eigenvalue weighted by molar-refractivity contribution is 0.171. The van der Waals surface area contributed by atoms with E-state index < -0.39 is 0 Å². The number of hydrogen-bond acceptors (Lipinski definition) is 4. The number of fused-ring (bicyclic) bond motifs is 1. The molecular weight excluding hydrogens is 266 g/mol. The summed E-state index contributed by atoms with van der Waals surface area (Å²) in [5.41, 5.74) is 2.43. The summed E-state index contributed by atoms with van der Waals surface area (Å²) >= 11 is 0. The SMILES string of the molecule is CCn1cc(CC(NC)c2ccc3c(c2)OCCO3)cn1. The van der Waals surface area contributed by atoms with Gasteiger partial charge in [0.2, 0.25) is 0 Å². The van der Waals surface area contributed by atoms with E-state index in [2.05, 4.69) is 35.7 Å². The van der Waals surface area contributed by atoms with Crippen LogP contribution in [0.5, 0.6) is 11.5 Å². The van der Waals surface area contributed by atoms with E-state index in [4.69, 9.17) is 9.47 Å². The van der Waals surface area contributed by atoms with Gasteiger partial charge < -0.3 is 14.8 Å². The largest absolute Gasteiger partial charge is 0.486 e. The topological polar surface area (TPSA) is 48.3 Å². The Kier molecular flexibility index (Phi) is 4.10. The van der Waals surface area contributed by atoms with Gasteiger partial charge in [-0.1, -0.05) is 6.07 Å². The third kappa shape index (κ3) is 3.03. The first kappa shape index (κ1) is 13.9. The van der Waals surface area contributed by atoms with Crippen LogP contribution in [0.1, 0.15) is 24.1 Å². The van der Waals surface area contributed by atoms with Crippen molar-refractivity contribution in [3.05, 3.63) is 41.7 Å². The zero-order valence-corrected chi connectivity index (χ0v) is 12.5. The summed E-state index contributed by atoms with van der Waals surface area (Å²) in [6, 6.07) is 6.39. The van der Waals surface area contributed by atoms with Crippen molar-refractivity contribution < 1.29 is 9.47 Å². The van der Waals surface area contributed by atoms with Crippen molar-refractivity contribution >= 4 is 0 Å². The van der Waals surface area contributed by atoms with Crippen LogP contribution in [0.3, 0.4) is 0 Å². The maximum Gasteiger partial charge on any atom is 0.161 e. The molecule has 5 heteroatoms. The first-order valence-corrected chi connectivity index (χ1v) is 7.38. The minimum Gasteiger partial charge on any atom is -0.486 e. The van der Waals surface area contributed by atoms with Crippen LogP contribution in [0, 0.1) is 0 Å². The predicted octanol–water partition coefficient (Wildman–Crippen LogP) is 2.18. The quantitative estimate of drug-likeness (QED) is 0.915. The Bertz CT molecular complexity index is 609. The number of likely N-dealkylation sites (N-methyl/N-ethyl adjacent to an activating group) is 1. The highest BCUT2D eigenvalue weighted by atomic mass is 16.6. The highest BCUT2D eigenvalue weighted by molar-refractivity contribution is 5.44. The van der Waals surface area contributed by atoms with E-state index >= 15 is 0 Å². The maximum atomic E-state index is 5.66. The first-order valence-electron chi connectivity index (χ1n) is 7.38. The highest BCUT2D eigenvalue weighted by Crippen LogP contribution is 2.33. The average Bonchev–Trinajstić information content (AvgIpc) is 3.00. The monoisotopic (exact) mass is 287 g/mol. The van der Waals surface area contributed by atoms with Crippen molar-refractivity contribution in [2.24, 2.45) is 0 Å². The van der Waals surface area contributed by atoms with Crippen molar-refractivity contribution in [3.8, 4) is 11.5 Å². The smallest absolute Gasteiger partial charge is 0.161 e. The Labute approximate surface area is 124 Å². The van der Waals surface area contributed by atoms with Gasteiger partial charge in [0.25, 0.3) is 0 Å². The standard InChI is InChI=1S/C16H21N3O2/c1-3-19-11-12(10-18-19)8-14(17-2)13-4-5-15-16(9-13)21-7-6-20-15/h4-5,9-11,14,17H,3,6-8H2,1-2H3. The van der Waals surface area contributed by atoms with Crippen LogP contribution in [0.15, 0.2) is 30.6 Å². The maximum absolute atomic E-state index is 5.66. The van der Waals surface area contributed by atoms with Crippen LogP contribution in [0.4, 0.5) is 0 Å². The van der Waals surface area contributed by atoms with E-state index in [-0.39, 0.29) is 6.04 Å². The number of nitrogens with one attached hydrogen (secondary N) is 1. The Morgan fingerprint density at radius 3 is 2.81 bits per heavy atom. The summed E-state index contributed by atoms with van der Waals surface area (Å²) in [7, 11) is 1.98. The van der Waals surface area contributed by atoms with Crippen LogP contribution in [0.2, 0.25) is 0 Å². The summed E-state index contributed by atoms with van der Waals surface area (Å²) in [5, 5.41) is 7.70. The predicted molar refractivity (Wildman–Crippen MR) is 80.8 cm³/mol. The lowest BCUT2D eigenvalue weighted by Crippen LogP contribution is -2.20. The molecule has 0 aliphatic carbocycles. The Morgan fingerprint density at radius 2 is 2.10 bits per heavy atom. The second-order valence-corrected chi connectivity index (χ2v) is 5.15. The van der Waals surface area contributed by atoms with Gasteiger partial charge in [-0.3, -0.25) is 4.68 Å². The van der Waals surface area contributed by atoms with E-state index in [1.165, 1.54) is 11.1 Å². The number of benzene rings is 1. The van der Waals surface area contributed by atoms with Crippen LogP contribution in [-0.2, 0) is 13.0 Å². The van der Waals surface area contributed by atoms with Crippen LogP contribution >= 0.6 is 0 Å². The van der Waals surface area contributed by atoms with Gasteiger partial charge in [0.15, 0.2) is 11.5 Å². The molecular formula is C16H21N3O2. The number of nitrogens with zero attached hydrogens (tertiary/aromatic N) is 2. The summed E-state index contributed by atoms with van der Waals surface area (Å²) in [4.78, 5) is 0. The molecule has 1 N–H and O–H groups in total. The summed E-state index contributed by atoms with van der Waals surface area (Å²) in [6.45, 7) is 4.23. The van der Waals surface area contributed by atoms with Crippen molar-refractivity contribution in [3.63, 3.8) is 0 Å². The molecule has 112 valence electrons. The minimum atomic E-state index is 0.232. The van der Waals surface area contributed by atoms with Gasteiger partial charge >= 0.3 is 0 Å². The second kappa shape index (κ2) is 6.18. The number of rotatable bonds is 5. The van der Waals surface area contributed by atoms with Crippen LogP contribution in [0.25, 0.3) is 0 Å². The van der Waals surface area contributed by atoms with E-state index in [1.54, 1.807) is 0 Å².